The van der Waals surface area contributed by atoms with E-state index in [9.17, 15) is 10.1 Å². The van der Waals surface area contributed by atoms with E-state index in [1.165, 1.54) is 16.0 Å². The van der Waals surface area contributed by atoms with Crippen molar-refractivity contribution in [2.75, 3.05) is 0 Å². The van der Waals surface area contributed by atoms with E-state index in [2.05, 4.69) is 26.0 Å². The Morgan fingerprint density at radius 1 is 1.69 bits per heavy atom. The largest absolute Gasteiger partial charge is 0.404 e. The zero-order valence-electron chi connectivity index (χ0n) is 7.63. The summed E-state index contributed by atoms with van der Waals surface area (Å²) in [6, 6.07) is 0. The maximum Gasteiger partial charge on any atom is 0.404 e. The Balaban J connectivity index is 2.22. The number of aromatic nitrogens is 3. The first-order chi connectivity index (χ1) is 7.56. The van der Waals surface area contributed by atoms with Crippen molar-refractivity contribution >= 4 is 44.7 Å². The van der Waals surface area contributed by atoms with Gasteiger partial charge in [0.05, 0.1) is 17.8 Å². The second-order valence-corrected chi connectivity index (χ2v) is 5.39. The molecule has 0 aliphatic rings. The van der Waals surface area contributed by atoms with Crippen molar-refractivity contribution in [3.63, 3.8) is 0 Å². The van der Waals surface area contributed by atoms with Crippen LogP contribution in [0.1, 0.15) is 4.88 Å². The Morgan fingerprint density at radius 3 is 2.94 bits per heavy atom. The van der Waals surface area contributed by atoms with Crippen molar-refractivity contribution < 1.29 is 4.92 Å². The van der Waals surface area contributed by atoms with Gasteiger partial charge in [-0.25, -0.2) is 4.98 Å². The van der Waals surface area contributed by atoms with E-state index in [1.54, 1.807) is 12.4 Å². The summed E-state index contributed by atoms with van der Waals surface area (Å²) in [5.41, 5.74) is 0. The number of rotatable bonds is 3. The minimum absolute atomic E-state index is 0.199. The van der Waals surface area contributed by atoms with Crippen LogP contribution in [0.3, 0.4) is 0 Å². The molecule has 6 nitrogen and oxygen atoms in total. The second-order valence-electron chi connectivity index (χ2n) is 2.83. The van der Waals surface area contributed by atoms with Crippen LogP contribution < -0.4 is 0 Å². The molecule has 0 bridgehead atoms. The third-order valence-electron chi connectivity index (χ3n) is 1.72. The smallest absolute Gasteiger partial charge is 0.358 e. The Hall–Kier alpha value is -0.990. The van der Waals surface area contributed by atoms with Crippen LogP contribution >= 0.6 is 38.9 Å². The van der Waals surface area contributed by atoms with Crippen LogP contribution in [0.5, 0.6) is 0 Å². The summed E-state index contributed by atoms with van der Waals surface area (Å²) in [5, 5.41) is 14.4. The number of halogens is 2. The summed E-state index contributed by atoms with van der Waals surface area (Å²) in [4.78, 5) is 14.8. The molecule has 9 heteroatoms. The van der Waals surface area contributed by atoms with Crippen LogP contribution in [-0.2, 0) is 6.54 Å². The van der Waals surface area contributed by atoms with Gasteiger partial charge in [0, 0.05) is 11.1 Å². The van der Waals surface area contributed by atoms with Gasteiger partial charge in [0.15, 0.2) is 4.47 Å². The molecule has 0 spiro atoms. The summed E-state index contributed by atoms with van der Waals surface area (Å²) < 4.78 is 2.26. The molecule has 0 N–H and O–H groups in total. The molecule has 0 fully saturated rings. The topological polar surface area (TPSA) is 73.8 Å². The van der Waals surface area contributed by atoms with Gasteiger partial charge in [0.2, 0.25) is 0 Å². The normalized spacial score (nSPS) is 10.6. The van der Waals surface area contributed by atoms with E-state index in [4.69, 9.17) is 11.6 Å². The maximum atomic E-state index is 10.6. The fraction of sp³-hybridized carbons (Fsp3) is 0.143. The highest BCUT2D eigenvalue weighted by Crippen LogP contribution is 2.24. The van der Waals surface area contributed by atoms with E-state index in [-0.39, 0.29) is 5.82 Å². The van der Waals surface area contributed by atoms with Gasteiger partial charge in [-0.1, -0.05) is 11.6 Å². The van der Waals surface area contributed by atoms with Crippen molar-refractivity contribution in [1.82, 2.24) is 14.8 Å². The van der Waals surface area contributed by atoms with Crippen LogP contribution in [0, 0.1) is 10.1 Å². The molecule has 0 radical (unpaired) electrons. The van der Waals surface area contributed by atoms with Gasteiger partial charge in [-0.2, -0.15) is 4.68 Å². The zero-order chi connectivity index (χ0) is 11.7. The lowest BCUT2D eigenvalue weighted by Crippen LogP contribution is -1.99. The molecule has 16 heavy (non-hydrogen) atoms. The average Bonchev–Trinajstić information content (AvgIpc) is 2.73. The van der Waals surface area contributed by atoms with Crippen LogP contribution in [0.25, 0.3) is 0 Å². The summed E-state index contributed by atoms with van der Waals surface area (Å²) >= 11 is 10.1. The van der Waals surface area contributed by atoms with E-state index in [1.807, 2.05) is 0 Å². The highest BCUT2D eigenvalue weighted by molar-refractivity contribution is 9.10. The predicted molar refractivity (Wildman–Crippen MR) is 62.8 cm³/mol. The molecule has 0 aromatic carbocycles. The molecule has 2 aromatic rings. The van der Waals surface area contributed by atoms with Crippen LogP contribution in [0.15, 0.2) is 16.9 Å². The van der Waals surface area contributed by atoms with Gasteiger partial charge < -0.3 is 10.1 Å². The SMILES string of the molecule is O=[N+]([O-])c1nn(Cc2cnc(Cl)s2)cc1Br. The Morgan fingerprint density at radius 2 is 2.44 bits per heavy atom. The van der Waals surface area contributed by atoms with Gasteiger partial charge in [0.1, 0.15) is 4.47 Å². The zero-order valence-corrected chi connectivity index (χ0v) is 10.8. The highest BCUT2D eigenvalue weighted by atomic mass is 79.9. The van der Waals surface area contributed by atoms with E-state index in [0.29, 0.717) is 15.5 Å². The molecule has 0 amide bonds. The molecule has 0 atom stereocenters. The van der Waals surface area contributed by atoms with Crippen molar-refractivity contribution in [2.24, 2.45) is 0 Å². The highest BCUT2D eigenvalue weighted by Gasteiger charge is 2.18. The van der Waals surface area contributed by atoms with Crippen molar-refractivity contribution in [3.8, 4) is 0 Å². The average molecular weight is 324 g/mol. The summed E-state index contributed by atoms with van der Waals surface area (Å²) in [6.45, 7) is 0.414. The number of nitro groups is 1. The van der Waals surface area contributed by atoms with Crippen molar-refractivity contribution in [1.29, 1.82) is 0 Å². The molecule has 0 saturated heterocycles. The first kappa shape index (κ1) is 11.5. The minimum atomic E-state index is -0.541. The Kier molecular flexibility index (Phi) is 3.22. The lowest BCUT2D eigenvalue weighted by atomic mass is 10.5. The Labute approximate surface area is 107 Å². The molecule has 2 rings (SSSR count). The lowest BCUT2D eigenvalue weighted by molar-refractivity contribution is -0.390. The molecule has 0 unspecified atom stereocenters. The van der Waals surface area contributed by atoms with Crippen LogP contribution in [-0.4, -0.2) is 19.7 Å². The summed E-state index contributed by atoms with van der Waals surface area (Å²) in [7, 11) is 0. The molecule has 0 saturated carbocycles. The van der Waals surface area contributed by atoms with Crippen molar-refractivity contribution in [3.05, 3.63) is 36.3 Å². The second kappa shape index (κ2) is 4.48. The monoisotopic (exact) mass is 322 g/mol. The first-order valence-electron chi connectivity index (χ1n) is 4.04. The predicted octanol–water partition coefficient (Wildman–Crippen LogP) is 2.71. The number of hydrogen-bond acceptors (Lipinski definition) is 5. The van der Waals surface area contributed by atoms with E-state index in [0.717, 1.165) is 4.88 Å². The molecule has 0 aliphatic heterocycles. The van der Waals surface area contributed by atoms with Crippen molar-refractivity contribution in [2.45, 2.75) is 6.54 Å². The summed E-state index contributed by atoms with van der Waals surface area (Å²) in [5.74, 6) is -0.199. The standard InChI is InChI=1S/C7H4BrClN4O2S/c8-5-3-12(11-6(5)13(14)15)2-4-1-10-7(9)16-4/h1,3H,2H2. The fourth-order valence-corrected chi connectivity index (χ4v) is 2.54. The number of hydrogen-bond donors (Lipinski definition) is 0. The maximum absolute atomic E-state index is 10.6. The number of thiazole rings is 1. The van der Waals surface area contributed by atoms with E-state index < -0.39 is 4.92 Å². The molecule has 2 heterocycles. The third-order valence-corrected chi connectivity index (χ3v) is 3.37. The molecule has 2 aromatic heterocycles. The summed E-state index contributed by atoms with van der Waals surface area (Å²) in [6.07, 6.45) is 3.17. The van der Waals surface area contributed by atoms with Crippen LogP contribution in [0.2, 0.25) is 4.47 Å². The first-order valence-corrected chi connectivity index (χ1v) is 6.02. The molecule has 0 aliphatic carbocycles. The van der Waals surface area contributed by atoms with Gasteiger partial charge >= 0.3 is 5.82 Å². The Bertz CT molecular complexity index is 540. The van der Waals surface area contributed by atoms with Gasteiger partial charge in [-0.05, 0) is 20.9 Å². The fourth-order valence-electron chi connectivity index (χ4n) is 1.11. The molecule has 84 valence electrons. The van der Waals surface area contributed by atoms with E-state index >= 15 is 0 Å². The third kappa shape index (κ3) is 2.39. The molecular formula is C7H4BrClN4O2S. The number of nitrogens with zero attached hydrogens (tertiary/aromatic N) is 4. The quantitative estimate of drug-likeness (QED) is 0.643. The van der Waals surface area contributed by atoms with Gasteiger partial charge in [0.25, 0.3) is 0 Å². The molecular weight excluding hydrogens is 320 g/mol. The lowest BCUT2D eigenvalue weighted by Gasteiger charge is -1.90. The van der Waals surface area contributed by atoms with Crippen LogP contribution in [0.4, 0.5) is 5.82 Å². The van der Waals surface area contributed by atoms with Gasteiger partial charge in [-0.3, -0.25) is 0 Å². The minimum Gasteiger partial charge on any atom is -0.358 e. The van der Waals surface area contributed by atoms with Gasteiger partial charge in [-0.15, -0.1) is 11.3 Å².